The molecule has 2 saturated heterocycles. The van der Waals surface area contributed by atoms with Gasteiger partial charge in [0, 0.05) is 26.4 Å². The van der Waals surface area contributed by atoms with E-state index in [-0.39, 0.29) is 5.91 Å². The zero-order chi connectivity index (χ0) is 12.1. The van der Waals surface area contributed by atoms with E-state index in [1.807, 2.05) is 0 Å². The SMILES string of the molecule is NC1(C(=O)NCCC2CCCO2)CCOCC1. The maximum atomic E-state index is 12.0. The van der Waals surface area contributed by atoms with E-state index in [1.165, 1.54) is 0 Å². The van der Waals surface area contributed by atoms with Gasteiger partial charge in [-0.2, -0.15) is 0 Å². The third kappa shape index (κ3) is 3.40. The summed E-state index contributed by atoms with van der Waals surface area (Å²) in [6.45, 7) is 2.67. The van der Waals surface area contributed by atoms with Crippen LogP contribution >= 0.6 is 0 Å². The molecule has 2 rings (SSSR count). The highest BCUT2D eigenvalue weighted by Gasteiger charge is 2.35. The van der Waals surface area contributed by atoms with Crippen LogP contribution in [0.4, 0.5) is 0 Å². The van der Waals surface area contributed by atoms with Crippen molar-refractivity contribution in [2.24, 2.45) is 5.73 Å². The molecule has 0 bridgehead atoms. The van der Waals surface area contributed by atoms with Crippen LogP contribution in [0.25, 0.3) is 0 Å². The fraction of sp³-hybridized carbons (Fsp3) is 0.917. The molecule has 1 unspecified atom stereocenters. The molecule has 0 aromatic heterocycles. The molecule has 3 N–H and O–H groups in total. The Kier molecular flexibility index (Phi) is 4.36. The molecule has 2 fully saturated rings. The van der Waals surface area contributed by atoms with Crippen LogP contribution in [0.3, 0.4) is 0 Å². The second kappa shape index (κ2) is 5.80. The van der Waals surface area contributed by atoms with E-state index in [1.54, 1.807) is 0 Å². The van der Waals surface area contributed by atoms with Gasteiger partial charge >= 0.3 is 0 Å². The molecular formula is C12H22N2O3. The van der Waals surface area contributed by atoms with Crippen LogP contribution in [0, 0.1) is 0 Å². The summed E-state index contributed by atoms with van der Waals surface area (Å²) in [5, 5.41) is 2.92. The van der Waals surface area contributed by atoms with Crippen molar-refractivity contribution < 1.29 is 14.3 Å². The largest absolute Gasteiger partial charge is 0.381 e. The van der Waals surface area contributed by atoms with Crippen LogP contribution in [0.15, 0.2) is 0 Å². The van der Waals surface area contributed by atoms with Crippen molar-refractivity contribution in [3.8, 4) is 0 Å². The minimum Gasteiger partial charge on any atom is -0.381 e. The first-order chi connectivity index (χ1) is 8.21. The van der Waals surface area contributed by atoms with E-state index in [4.69, 9.17) is 15.2 Å². The van der Waals surface area contributed by atoms with Gasteiger partial charge in [0.1, 0.15) is 0 Å². The lowest BCUT2D eigenvalue weighted by Crippen LogP contribution is -2.57. The van der Waals surface area contributed by atoms with E-state index in [0.29, 0.717) is 38.7 Å². The van der Waals surface area contributed by atoms with Gasteiger partial charge in [-0.25, -0.2) is 0 Å². The summed E-state index contributed by atoms with van der Waals surface area (Å²) in [5.41, 5.74) is 5.35. The number of carbonyl (C=O) groups is 1. The van der Waals surface area contributed by atoms with Crippen LogP contribution in [-0.4, -0.2) is 43.9 Å². The van der Waals surface area contributed by atoms with Crippen LogP contribution in [0.1, 0.15) is 32.1 Å². The molecule has 2 aliphatic heterocycles. The number of nitrogens with two attached hydrogens (primary N) is 1. The molecule has 0 aliphatic carbocycles. The monoisotopic (exact) mass is 242 g/mol. The van der Waals surface area contributed by atoms with E-state index in [2.05, 4.69) is 5.32 Å². The minimum atomic E-state index is -0.727. The lowest BCUT2D eigenvalue weighted by molar-refractivity contribution is -0.129. The number of hydrogen-bond acceptors (Lipinski definition) is 4. The molecule has 98 valence electrons. The predicted octanol–water partition coefficient (Wildman–Crippen LogP) is 0.180. The van der Waals surface area contributed by atoms with E-state index >= 15 is 0 Å². The van der Waals surface area contributed by atoms with E-state index < -0.39 is 5.54 Å². The smallest absolute Gasteiger partial charge is 0.240 e. The third-order valence-corrected chi connectivity index (χ3v) is 3.61. The average molecular weight is 242 g/mol. The second-order valence-electron chi connectivity index (χ2n) is 4.95. The van der Waals surface area contributed by atoms with Gasteiger partial charge < -0.3 is 20.5 Å². The van der Waals surface area contributed by atoms with Crippen LogP contribution in [0.2, 0.25) is 0 Å². The number of hydrogen-bond donors (Lipinski definition) is 2. The molecule has 1 atom stereocenters. The lowest BCUT2D eigenvalue weighted by Gasteiger charge is -2.31. The topological polar surface area (TPSA) is 73.6 Å². The summed E-state index contributed by atoms with van der Waals surface area (Å²) < 4.78 is 10.7. The number of ether oxygens (including phenoxy) is 2. The Morgan fingerprint density at radius 1 is 1.35 bits per heavy atom. The highest BCUT2D eigenvalue weighted by molar-refractivity contribution is 5.86. The van der Waals surface area contributed by atoms with Gasteiger partial charge in [0.15, 0.2) is 0 Å². The average Bonchev–Trinajstić information content (AvgIpc) is 2.83. The molecule has 0 saturated carbocycles. The van der Waals surface area contributed by atoms with Crippen molar-refractivity contribution in [1.29, 1.82) is 0 Å². The Morgan fingerprint density at radius 2 is 2.12 bits per heavy atom. The highest BCUT2D eigenvalue weighted by Crippen LogP contribution is 2.18. The summed E-state index contributed by atoms with van der Waals surface area (Å²) in [6.07, 6.45) is 4.67. The number of nitrogens with one attached hydrogen (secondary N) is 1. The molecule has 0 aromatic rings. The molecule has 1 amide bonds. The highest BCUT2D eigenvalue weighted by atomic mass is 16.5. The van der Waals surface area contributed by atoms with Gasteiger partial charge in [-0.3, -0.25) is 4.79 Å². The van der Waals surface area contributed by atoms with Gasteiger partial charge in [-0.05, 0) is 32.1 Å². The van der Waals surface area contributed by atoms with Gasteiger partial charge in [0.05, 0.1) is 11.6 Å². The minimum absolute atomic E-state index is 0.0428. The first-order valence-corrected chi connectivity index (χ1v) is 6.47. The van der Waals surface area contributed by atoms with Crippen molar-refractivity contribution in [2.45, 2.75) is 43.7 Å². The maximum Gasteiger partial charge on any atom is 0.240 e. The standard InChI is InChI=1S/C12H22N2O3/c13-12(4-8-16-9-5-12)11(15)14-6-3-10-2-1-7-17-10/h10H,1-9,13H2,(H,14,15). The van der Waals surface area contributed by atoms with Gasteiger partial charge in [-0.15, -0.1) is 0 Å². The lowest BCUT2D eigenvalue weighted by atomic mass is 9.90. The quantitative estimate of drug-likeness (QED) is 0.737. The number of carbonyl (C=O) groups excluding carboxylic acids is 1. The number of rotatable bonds is 4. The van der Waals surface area contributed by atoms with Gasteiger partial charge in [0.2, 0.25) is 5.91 Å². The zero-order valence-electron chi connectivity index (χ0n) is 10.2. The molecule has 17 heavy (non-hydrogen) atoms. The molecule has 0 aromatic carbocycles. The van der Waals surface area contributed by atoms with Crippen LogP contribution in [0.5, 0.6) is 0 Å². The Bertz CT molecular complexity index is 258. The molecule has 5 nitrogen and oxygen atoms in total. The Hall–Kier alpha value is -0.650. The van der Waals surface area contributed by atoms with Crippen LogP contribution in [-0.2, 0) is 14.3 Å². The summed E-state index contributed by atoms with van der Waals surface area (Å²) >= 11 is 0. The molecular weight excluding hydrogens is 220 g/mol. The molecule has 2 heterocycles. The normalized spacial score (nSPS) is 27.9. The molecule has 5 heteroatoms. The summed E-state index contributed by atoms with van der Waals surface area (Å²) in [7, 11) is 0. The summed E-state index contributed by atoms with van der Waals surface area (Å²) in [6, 6.07) is 0. The van der Waals surface area contributed by atoms with E-state index in [0.717, 1.165) is 25.9 Å². The number of amides is 1. The fourth-order valence-electron chi connectivity index (χ4n) is 2.36. The Morgan fingerprint density at radius 3 is 2.76 bits per heavy atom. The van der Waals surface area contributed by atoms with Crippen molar-refractivity contribution in [3.05, 3.63) is 0 Å². The molecule has 0 spiro atoms. The van der Waals surface area contributed by atoms with Crippen LogP contribution < -0.4 is 11.1 Å². The maximum absolute atomic E-state index is 12.0. The van der Waals surface area contributed by atoms with Crippen molar-refractivity contribution in [3.63, 3.8) is 0 Å². The third-order valence-electron chi connectivity index (χ3n) is 3.61. The first-order valence-electron chi connectivity index (χ1n) is 6.47. The van der Waals surface area contributed by atoms with Crippen molar-refractivity contribution in [1.82, 2.24) is 5.32 Å². The molecule has 0 radical (unpaired) electrons. The summed E-state index contributed by atoms with van der Waals surface area (Å²) in [5.74, 6) is -0.0428. The Balaban J connectivity index is 1.68. The second-order valence-corrected chi connectivity index (χ2v) is 4.95. The fourth-order valence-corrected chi connectivity index (χ4v) is 2.36. The van der Waals surface area contributed by atoms with E-state index in [9.17, 15) is 4.79 Å². The Labute approximate surface area is 102 Å². The molecule has 2 aliphatic rings. The van der Waals surface area contributed by atoms with Gasteiger partial charge in [0.25, 0.3) is 0 Å². The zero-order valence-corrected chi connectivity index (χ0v) is 10.2. The first kappa shape index (κ1) is 12.8. The predicted molar refractivity (Wildman–Crippen MR) is 63.6 cm³/mol. The van der Waals surface area contributed by atoms with Crippen molar-refractivity contribution >= 4 is 5.91 Å². The van der Waals surface area contributed by atoms with Gasteiger partial charge in [-0.1, -0.05) is 0 Å². The van der Waals surface area contributed by atoms with Crippen molar-refractivity contribution in [2.75, 3.05) is 26.4 Å². The summed E-state index contributed by atoms with van der Waals surface area (Å²) in [4.78, 5) is 12.0.